The minimum atomic E-state index is 1.21. The van der Waals surface area contributed by atoms with Crippen LogP contribution in [0, 0.1) is 83.1 Å². The van der Waals surface area contributed by atoms with Crippen LogP contribution in [0.2, 0.25) is 0 Å². The van der Waals surface area contributed by atoms with Crippen LogP contribution < -0.4 is 0 Å². The Balaban J connectivity index is 0.0000000987. The Morgan fingerprint density at radius 3 is 0.746 bits per heavy atom. The fourth-order valence-corrected chi connectivity index (χ4v) is 19.2. The Kier molecular flexibility index (Phi) is 21.9. The van der Waals surface area contributed by atoms with E-state index in [1.54, 1.807) is 0 Å². The minimum absolute atomic E-state index is 1.21. The molecule has 6 nitrogen and oxygen atoms in total. The second-order valence-electron chi connectivity index (χ2n) is 34.0. The summed E-state index contributed by atoms with van der Waals surface area (Å²) in [6, 6.07) is 143. The van der Waals surface area contributed by atoms with Crippen LogP contribution in [0.3, 0.4) is 0 Å². The Hall–Kier alpha value is -15.2. The predicted molar refractivity (Wildman–Crippen MR) is 542 cm³/mol. The molecule has 0 N–H and O–H groups in total. The van der Waals surface area contributed by atoms with Gasteiger partial charge in [-0.25, -0.2) is 0 Å². The smallest absolute Gasteiger partial charge is 0.0570 e. The van der Waals surface area contributed by atoms with E-state index in [9.17, 15) is 0 Å². The summed E-state index contributed by atoms with van der Waals surface area (Å²) in [5, 5.41) is 16.0. The van der Waals surface area contributed by atoms with Crippen molar-refractivity contribution < 1.29 is 0 Å². The SMILES string of the molecule is Cc1ccc2c(c1)c1cc(C)ccc1n2-c1ccccc1.Cc1ccc2c(c1)c1ccc(C)cc1n2-c1ccccc1.Cc1ccc2c(c1)c1cccc(C)c1n2-c1ccccc1.Cc1ccc2c3c(C)cccc3n(-c3ccccc3)c2c1.Cc1cccc2c1c1cccc(C)c1n2-c1ccccc1.Cc1cccc2c3cccc(C)c3n(-c3ccccc3)c12. The summed E-state index contributed by atoms with van der Waals surface area (Å²) >= 11 is 0. The average molecular weight is 1630 g/mol. The number of aryl methyl sites for hydroxylation is 12. The van der Waals surface area contributed by atoms with Gasteiger partial charge < -0.3 is 27.4 Å². The van der Waals surface area contributed by atoms with Gasteiger partial charge in [-0.15, -0.1) is 0 Å². The van der Waals surface area contributed by atoms with E-state index in [4.69, 9.17) is 0 Å². The summed E-state index contributed by atoms with van der Waals surface area (Å²) in [5.74, 6) is 0. The standard InChI is InChI=1S/6C20H17N/c1-14-8-7-13-18-19(14)17-12-6-9-15(2)20(17)21(18)16-10-4-3-5-11-16;1-14-8-6-12-17-18-13-7-9-15(2)20(18)21(19(14)17)16-10-4-3-5-11-16;1-14-11-12-17-19(13-14)21(16-8-4-3-5-9-16)18-10-6-7-15(2)20(17)18;1-14-11-12-19-18(13-14)17-10-6-7-15(2)20(17)21(19)16-8-4-3-5-9-16;1-14-9-11-19-18(12-14)17-10-8-15(2)13-20(17)21(19)16-6-4-3-5-7-16;1-14-8-10-19-17(12-14)18-13-15(2)9-11-20(18)21(19)16-6-4-3-5-7-16/h6*3-13H,1-2H3. The maximum Gasteiger partial charge on any atom is 0.0570 e. The molecule has 0 saturated heterocycles. The van der Waals surface area contributed by atoms with Gasteiger partial charge in [0.1, 0.15) is 0 Å². The lowest BCUT2D eigenvalue weighted by atomic mass is 10.1. The third kappa shape index (κ3) is 14.9. The topological polar surface area (TPSA) is 29.6 Å². The molecule has 6 aromatic heterocycles. The molecule has 0 saturated carbocycles. The van der Waals surface area contributed by atoms with E-state index < -0.39 is 0 Å². The summed E-state index contributed by atoms with van der Waals surface area (Å²) in [5.41, 5.74) is 38.5. The van der Waals surface area contributed by atoms with Gasteiger partial charge in [0.25, 0.3) is 0 Å². The van der Waals surface area contributed by atoms with Crippen molar-refractivity contribution in [2.75, 3.05) is 0 Å². The molecule has 0 aliphatic heterocycles. The van der Waals surface area contributed by atoms with Crippen LogP contribution in [0.25, 0.3) is 165 Å². The molecular formula is C120H102N6. The van der Waals surface area contributed by atoms with E-state index in [2.05, 4.69) is 511 Å². The highest BCUT2D eigenvalue weighted by Crippen LogP contribution is 2.42. The molecule has 24 rings (SSSR count). The van der Waals surface area contributed by atoms with Crippen LogP contribution in [0.4, 0.5) is 0 Å². The minimum Gasteiger partial charge on any atom is -0.309 e. The molecule has 0 unspecified atom stereocenters. The second-order valence-corrected chi connectivity index (χ2v) is 34.0. The van der Waals surface area contributed by atoms with Gasteiger partial charge in [0.15, 0.2) is 0 Å². The van der Waals surface area contributed by atoms with Crippen molar-refractivity contribution in [3.63, 3.8) is 0 Å². The van der Waals surface area contributed by atoms with Crippen LogP contribution in [-0.2, 0) is 0 Å². The summed E-state index contributed by atoms with van der Waals surface area (Å²) in [6.07, 6.45) is 0. The molecule has 612 valence electrons. The predicted octanol–water partition coefficient (Wildman–Crippen LogP) is 32.4. The molecule has 126 heavy (non-hydrogen) atoms. The van der Waals surface area contributed by atoms with Gasteiger partial charge >= 0.3 is 0 Å². The molecule has 0 spiro atoms. The first-order valence-corrected chi connectivity index (χ1v) is 43.9. The zero-order valence-corrected chi connectivity index (χ0v) is 73.8. The van der Waals surface area contributed by atoms with Crippen LogP contribution in [-0.4, -0.2) is 27.4 Å². The van der Waals surface area contributed by atoms with Crippen molar-refractivity contribution in [1.29, 1.82) is 0 Å². The zero-order valence-electron chi connectivity index (χ0n) is 73.8. The summed E-state index contributed by atoms with van der Waals surface area (Å²) in [4.78, 5) is 0. The van der Waals surface area contributed by atoms with Crippen LogP contribution in [0.5, 0.6) is 0 Å². The summed E-state index contributed by atoms with van der Waals surface area (Å²) in [7, 11) is 0. The van der Waals surface area contributed by atoms with E-state index in [0.29, 0.717) is 0 Å². The van der Waals surface area contributed by atoms with Crippen molar-refractivity contribution in [1.82, 2.24) is 27.4 Å². The highest BCUT2D eigenvalue weighted by Gasteiger charge is 2.21. The first-order chi connectivity index (χ1) is 61.5. The quantitative estimate of drug-likeness (QED) is 0.159. The Morgan fingerprint density at radius 1 is 0.127 bits per heavy atom. The number of hydrogen-bond acceptors (Lipinski definition) is 0. The first kappa shape index (κ1) is 80.5. The number of fused-ring (bicyclic) bond motifs is 18. The van der Waals surface area contributed by atoms with Crippen LogP contribution in [0.15, 0.2) is 400 Å². The van der Waals surface area contributed by atoms with Gasteiger partial charge in [-0.3, -0.25) is 0 Å². The highest BCUT2D eigenvalue weighted by atomic mass is 15.0. The highest BCUT2D eigenvalue weighted by molar-refractivity contribution is 6.16. The van der Waals surface area contributed by atoms with E-state index in [1.165, 1.54) is 232 Å². The third-order valence-electron chi connectivity index (χ3n) is 25.0. The first-order valence-electron chi connectivity index (χ1n) is 43.9. The zero-order chi connectivity index (χ0) is 86.4. The lowest BCUT2D eigenvalue weighted by Gasteiger charge is -2.10. The van der Waals surface area contributed by atoms with Gasteiger partial charge in [-0.05, 0) is 273 Å². The second kappa shape index (κ2) is 34.2. The number of para-hydroxylation sites is 10. The molecule has 0 aliphatic rings. The van der Waals surface area contributed by atoms with E-state index in [0.717, 1.165) is 0 Å². The average Bonchev–Trinajstić information content (AvgIpc) is 1.60. The Labute approximate surface area is 737 Å². The van der Waals surface area contributed by atoms with Gasteiger partial charge in [-0.2, -0.15) is 0 Å². The number of aromatic nitrogens is 6. The number of rotatable bonds is 6. The maximum atomic E-state index is 2.40. The van der Waals surface area contributed by atoms with Crippen molar-refractivity contribution in [2.45, 2.75) is 83.1 Å². The molecule has 6 heterocycles. The maximum absolute atomic E-state index is 2.40. The van der Waals surface area contributed by atoms with Crippen LogP contribution in [0.1, 0.15) is 66.8 Å². The number of benzene rings is 18. The monoisotopic (exact) mass is 1630 g/mol. The van der Waals surface area contributed by atoms with Gasteiger partial charge in [0, 0.05) is 98.8 Å². The molecule has 0 atom stereocenters. The fourth-order valence-electron chi connectivity index (χ4n) is 19.2. The van der Waals surface area contributed by atoms with E-state index in [1.807, 2.05) is 0 Å². The fraction of sp³-hybridized carbons (Fsp3) is 0.100. The Morgan fingerprint density at radius 2 is 0.357 bits per heavy atom. The van der Waals surface area contributed by atoms with Crippen molar-refractivity contribution in [2.24, 2.45) is 0 Å². The lowest BCUT2D eigenvalue weighted by molar-refractivity contribution is 1.16. The van der Waals surface area contributed by atoms with Gasteiger partial charge in [-0.1, -0.05) is 277 Å². The van der Waals surface area contributed by atoms with Crippen molar-refractivity contribution in [3.05, 3.63) is 467 Å². The largest absolute Gasteiger partial charge is 0.309 e. The lowest BCUT2D eigenvalue weighted by Crippen LogP contribution is -1.96. The third-order valence-corrected chi connectivity index (χ3v) is 25.0. The molecule has 0 fully saturated rings. The van der Waals surface area contributed by atoms with Gasteiger partial charge in [0.2, 0.25) is 0 Å². The molecule has 0 bridgehead atoms. The molecular weight excluding hydrogens is 1530 g/mol. The van der Waals surface area contributed by atoms with E-state index >= 15 is 0 Å². The molecule has 0 aliphatic carbocycles. The van der Waals surface area contributed by atoms with Crippen LogP contribution >= 0.6 is 0 Å². The molecule has 0 amide bonds. The van der Waals surface area contributed by atoms with Crippen molar-refractivity contribution in [3.8, 4) is 34.1 Å². The normalized spacial score (nSPS) is 11.3. The number of hydrogen-bond donors (Lipinski definition) is 0. The van der Waals surface area contributed by atoms with Gasteiger partial charge in [0.05, 0.1) is 66.2 Å². The van der Waals surface area contributed by atoms with E-state index in [-0.39, 0.29) is 0 Å². The molecule has 6 heteroatoms. The summed E-state index contributed by atoms with van der Waals surface area (Å²) < 4.78 is 14.2. The Bertz CT molecular complexity index is 8000. The van der Waals surface area contributed by atoms with Crippen molar-refractivity contribution >= 4 is 131 Å². The molecule has 0 radical (unpaired) electrons. The molecule has 18 aromatic carbocycles. The molecule has 24 aromatic rings. The summed E-state index contributed by atoms with van der Waals surface area (Å²) in [6.45, 7) is 26.1. The number of nitrogens with zero attached hydrogens (tertiary/aromatic N) is 6.